The lowest BCUT2D eigenvalue weighted by Gasteiger charge is -2.11. The van der Waals surface area contributed by atoms with Gasteiger partial charge in [0.05, 0.1) is 25.4 Å². The molecule has 30 heavy (non-hydrogen) atoms. The topological polar surface area (TPSA) is 108 Å². The Morgan fingerprint density at radius 2 is 1.87 bits per heavy atom. The number of aromatic hydroxyl groups is 1. The first-order chi connectivity index (χ1) is 14.6. The molecule has 0 radical (unpaired) electrons. The SMILES string of the molecule is COc1ccc(OC)c(Sc2nc3c(N)ncn(CCc4ccc(O)cc4)c-3n2)c1. The molecule has 8 nitrogen and oxygen atoms in total. The predicted octanol–water partition coefficient (Wildman–Crippen LogP) is 3.48. The zero-order chi connectivity index (χ0) is 21.1. The first-order valence-electron chi connectivity index (χ1n) is 9.23. The van der Waals surface area contributed by atoms with E-state index in [1.54, 1.807) is 32.7 Å². The number of fused-ring (bicyclic) bond motifs is 1. The molecule has 0 saturated heterocycles. The summed E-state index contributed by atoms with van der Waals surface area (Å²) in [6.07, 6.45) is 2.43. The number of imidazole rings is 1. The molecule has 0 amide bonds. The maximum atomic E-state index is 9.44. The molecule has 0 bridgehead atoms. The van der Waals surface area contributed by atoms with Gasteiger partial charge >= 0.3 is 0 Å². The summed E-state index contributed by atoms with van der Waals surface area (Å²) in [6, 6.07) is 12.7. The lowest BCUT2D eigenvalue weighted by atomic mass is 10.1. The van der Waals surface area contributed by atoms with Gasteiger partial charge in [0.2, 0.25) is 0 Å². The smallest absolute Gasteiger partial charge is 0.195 e. The van der Waals surface area contributed by atoms with Crippen molar-refractivity contribution in [1.29, 1.82) is 0 Å². The highest BCUT2D eigenvalue weighted by Crippen LogP contribution is 2.38. The van der Waals surface area contributed by atoms with E-state index >= 15 is 0 Å². The number of nitrogens with zero attached hydrogens (tertiary/aromatic N) is 4. The number of hydrogen-bond acceptors (Lipinski definition) is 8. The molecule has 0 atom stereocenters. The molecule has 2 heterocycles. The number of nitrogens with two attached hydrogens (primary N) is 1. The third kappa shape index (κ3) is 4.11. The number of anilines is 1. The number of nitrogen functional groups attached to an aromatic ring is 1. The summed E-state index contributed by atoms with van der Waals surface area (Å²) in [7, 11) is 3.24. The minimum Gasteiger partial charge on any atom is -0.508 e. The fourth-order valence-corrected chi connectivity index (χ4v) is 3.91. The van der Waals surface area contributed by atoms with Crippen LogP contribution in [0.25, 0.3) is 11.5 Å². The zero-order valence-corrected chi connectivity index (χ0v) is 17.4. The third-order valence-electron chi connectivity index (χ3n) is 4.62. The van der Waals surface area contributed by atoms with Crippen molar-refractivity contribution < 1.29 is 14.6 Å². The molecule has 154 valence electrons. The minimum absolute atomic E-state index is 0.250. The van der Waals surface area contributed by atoms with Crippen molar-refractivity contribution in [2.45, 2.75) is 23.0 Å². The summed E-state index contributed by atoms with van der Waals surface area (Å²) in [4.78, 5) is 14.4. The Bertz CT molecular complexity index is 1130. The van der Waals surface area contributed by atoms with Gasteiger partial charge in [0, 0.05) is 6.54 Å². The second-order valence-corrected chi connectivity index (χ2v) is 7.55. The number of benzene rings is 2. The number of phenols is 1. The Labute approximate surface area is 178 Å². The maximum absolute atomic E-state index is 9.44. The summed E-state index contributed by atoms with van der Waals surface area (Å²) in [5.41, 5.74) is 7.71. The molecule has 0 aromatic heterocycles. The highest BCUT2D eigenvalue weighted by atomic mass is 32.2. The van der Waals surface area contributed by atoms with Crippen LogP contribution >= 0.6 is 11.8 Å². The Kier molecular flexibility index (Phi) is 5.62. The van der Waals surface area contributed by atoms with Gasteiger partial charge in [0.15, 0.2) is 22.5 Å². The van der Waals surface area contributed by atoms with E-state index in [1.165, 1.54) is 11.8 Å². The van der Waals surface area contributed by atoms with E-state index in [0.29, 0.717) is 34.8 Å². The number of ether oxygens (including phenoxy) is 2. The fraction of sp³-hybridized carbons (Fsp3) is 0.190. The zero-order valence-electron chi connectivity index (χ0n) is 16.6. The lowest BCUT2D eigenvalue weighted by molar-refractivity contribution is 0.394. The van der Waals surface area contributed by atoms with Crippen LogP contribution in [0.5, 0.6) is 17.2 Å². The largest absolute Gasteiger partial charge is 0.508 e. The van der Waals surface area contributed by atoms with Gasteiger partial charge in [-0.05, 0) is 54.1 Å². The van der Waals surface area contributed by atoms with E-state index < -0.39 is 0 Å². The molecule has 0 saturated carbocycles. The number of methoxy groups -OCH3 is 2. The number of phenolic OH excluding ortho intramolecular Hbond substituents is 1. The highest BCUT2D eigenvalue weighted by Gasteiger charge is 2.20. The molecule has 0 spiro atoms. The van der Waals surface area contributed by atoms with Crippen LogP contribution in [0, 0.1) is 0 Å². The van der Waals surface area contributed by atoms with E-state index in [4.69, 9.17) is 15.2 Å². The van der Waals surface area contributed by atoms with E-state index in [1.807, 2.05) is 34.9 Å². The molecular formula is C21H21N5O3S. The van der Waals surface area contributed by atoms with Crippen molar-refractivity contribution in [2.24, 2.45) is 0 Å². The van der Waals surface area contributed by atoms with E-state index in [2.05, 4.69) is 15.0 Å². The summed E-state index contributed by atoms with van der Waals surface area (Å²) in [6.45, 7) is 0.653. The van der Waals surface area contributed by atoms with Crippen LogP contribution in [-0.4, -0.2) is 38.8 Å². The van der Waals surface area contributed by atoms with Crippen molar-refractivity contribution in [3.8, 4) is 28.8 Å². The van der Waals surface area contributed by atoms with Gasteiger partial charge in [-0.15, -0.1) is 0 Å². The molecule has 3 N–H and O–H groups in total. The highest BCUT2D eigenvalue weighted by molar-refractivity contribution is 7.99. The van der Waals surface area contributed by atoms with Gasteiger partial charge in [-0.1, -0.05) is 12.1 Å². The summed E-state index contributed by atoms with van der Waals surface area (Å²) >= 11 is 1.38. The average molecular weight is 423 g/mol. The van der Waals surface area contributed by atoms with Crippen molar-refractivity contribution in [3.05, 3.63) is 54.4 Å². The molecule has 0 fully saturated rings. The summed E-state index contributed by atoms with van der Waals surface area (Å²) in [5, 5.41) is 9.99. The quantitative estimate of drug-likeness (QED) is 0.465. The van der Waals surface area contributed by atoms with Crippen LogP contribution in [-0.2, 0) is 13.0 Å². The van der Waals surface area contributed by atoms with E-state index in [0.717, 1.165) is 22.6 Å². The molecule has 2 aromatic rings. The predicted molar refractivity (Wildman–Crippen MR) is 114 cm³/mol. The molecule has 0 aliphatic carbocycles. The third-order valence-corrected chi connectivity index (χ3v) is 5.53. The van der Waals surface area contributed by atoms with Gasteiger partial charge in [0.25, 0.3) is 0 Å². The number of aromatic nitrogens is 4. The molecule has 4 rings (SSSR count). The standard InChI is InChI=1S/C21H21N5O3S/c1-28-15-7-8-16(29-2)17(11-15)30-21-24-18-19(22)23-12-26(20(18)25-21)10-9-13-3-5-14(27)6-4-13/h3-8,11-12,27H,9-10,22H2,1-2H3. The molecule has 9 heteroatoms. The van der Waals surface area contributed by atoms with Crippen molar-refractivity contribution >= 4 is 17.6 Å². The second-order valence-electron chi connectivity index (χ2n) is 6.54. The van der Waals surface area contributed by atoms with Gasteiger partial charge in [-0.2, -0.15) is 0 Å². The Balaban J connectivity index is 1.62. The Morgan fingerprint density at radius 1 is 1.07 bits per heavy atom. The van der Waals surface area contributed by atoms with Gasteiger partial charge in [-0.3, -0.25) is 0 Å². The molecule has 0 unspecified atom stereocenters. The average Bonchev–Trinajstić information content (AvgIpc) is 3.19. The van der Waals surface area contributed by atoms with Crippen LogP contribution < -0.4 is 15.2 Å². The van der Waals surface area contributed by atoms with E-state index in [9.17, 15) is 5.11 Å². The number of rotatable bonds is 7. The van der Waals surface area contributed by atoms with Crippen molar-refractivity contribution in [1.82, 2.24) is 19.5 Å². The normalized spacial score (nSPS) is 11.0. The molecule has 2 aromatic carbocycles. The first-order valence-corrected chi connectivity index (χ1v) is 10.0. The van der Waals surface area contributed by atoms with Crippen LogP contribution in [0.2, 0.25) is 0 Å². The first kappa shape index (κ1) is 19.8. The Morgan fingerprint density at radius 3 is 2.60 bits per heavy atom. The monoisotopic (exact) mass is 423 g/mol. The minimum atomic E-state index is 0.250. The molecule has 2 aliphatic heterocycles. The second kappa shape index (κ2) is 8.50. The van der Waals surface area contributed by atoms with Crippen molar-refractivity contribution in [3.63, 3.8) is 0 Å². The molecule has 2 aliphatic rings. The van der Waals surface area contributed by atoms with Crippen LogP contribution in [0.3, 0.4) is 0 Å². The lowest BCUT2D eigenvalue weighted by Crippen LogP contribution is -2.09. The summed E-state index contributed by atoms with van der Waals surface area (Å²) in [5.74, 6) is 2.69. The van der Waals surface area contributed by atoms with Crippen LogP contribution in [0.1, 0.15) is 5.56 Å². The fourth-order valence-electron chi connectivity index (χ4n) is 3.02. The number of hydrogen-bond donors (Lipinski definition) is 2. The van der Waals surface area contributed by atoms with Crippen molar-refractivity contribution in [2.75, 3.05) is 20.0 Å². The van der Waals surface area contributed by atoms with E-state index in [-0.39, 0.29) is 5.75 Å². The Hall–Kier alpha value is -3.46. The maximum Gasteiger partial charge on any atom is 0.195 e. The van der Waals surface area contributed by atoms with Crippen LogP contribution in [0.15, 0.2) is 58.8 Å². The summed E-state index contributed by atoms with van der Waals surface area (Å²) < 4.78 is 12.7. The number of aryl methyl sites for hydroxylation is 2. The van der Waals surface area contributed by atoms with Gasteiger partial charge in [-0.25, -0.2) is 15.0 Å². The van der Waals surface area contributed by atoms with Gasteiger partial charge in [0.1, 0.15) is 17.2 Å². The molecular weight excluding hydrogens is 402 g/mol. The van der Waals surface area contributed by atoms with Gasteiger partial charge < -0.3 is 24.9 Å². The van der Waals surface area contributed by atoms with Crippen LogP contribution in [0.4, 0.5) is 5.82 Å².